The topological polar surface area (TPSA) is 111 Å². The molecule has 0 radical (unpaired) electrons. The van der Waals surface area contributed by atoms with E-state index in [1.165, 1.54) is 17.3 Å². The average Bonchev–Trinajstić information content (AvgIpc) is 3.00. The number of rotatable bonds is 7. The number of nitrogens with one attached hydrogen (secondary N) is 1. The summed E-state index contributed by atoms with van der Waals surface area (Å²) >= 11 is 1.37. The van der Waals surface area contributed by atoms with Crippen molar-refractivity contribution in [1.82, 2.24) is 15.5 Å². The molecule has 0 aliphatic heterocycles. The maximum atomic E-state index is 11.3. The first-order valence-corrected chi connectivity index (χ1v) is 8.60. The molecule has 3 amide bonds. The van der Waals surface area contributed by atoms with E-state index >= 15 is 0 Å². The lowest BCUT2D eigenvalue weighted by atomic mass is 10.0. The number of hydrogen-bond donors (Lipinski definition) is 2. The second-order valence-electron chi connectivity index (χ2n) is 5.51. The number of primary amides is 1. The second kappa shape index (κ2) is 8.49. The maximum absolute atomic E-state index is 11.3. The highest BCUT2D eigenvalue weighted by Crippen LogP contribution is 2.25. The number of amides is 3. The molecule has 3 N–H and O–H groups in total. The van der Waals surface area contributed by atoms with Gasteiger partial charge in [-0.05, 0) is 30.0 Å². The highest BCUT2D eigenvalue weighted by molar-refractivity contribution is 7.99. The number of carbonyl (C=O) groups excluding carboxylic acids is 2. The van der Waals surface area contributed by atoms with Gasteiger partial charge in [-0.3, -0.25) is 10.1 Å². The van der Waals surface area contributed by atoms with Crippen LogP contribution in [0, 0.1) is 0 Å². The Morgan fingerprint density at radius 2 is 1.96 bits per heavy atom. The van der Waals surface area contributed by atoms with Crippen LogP contribution in [-0.4, -0.2) is 27.9 Å². The van der Waals surface area contributed by atoms with Crippen LogP contribution in [0.3, 0.4) is 0 Å². The van der Waals surface area contributed by atoms with Gasteiger partial charge >= 0.3 is 6.03 Å². The fourth-order valence-electron chi connectivity index (χ4n) is 1.99. The van der Waals surface area contributed by atoms with Crippen molar-refractivity contribution in [3.8, 4) is 11.5 Å². The van der Waals surface area contributed by atoms with E-state index in [9.17, 15) is 9.59 Å². The number of nitrogens with two attached hydrogens (primary N) is 1. The molecule has 1 aromatic heterocycles. The number of nitrogens with zero attached hydrogens (tertiary/aromatic N) is 2. The van der Waals surface area contributed by atoms with E-state index in [0.717, 1.165) is 5.56 Å². The van der Waals surface area contributed by atoms with Gasteiger partial charge in [-0.25, -0.2) is 4.79 Å². The predicted molar refractivity (Wildman–Crippen MR) is 91.5 cm³/mol. The first kappa shape index (κ1) is 18.0. The van der Waals surface area contributed by atoms with Crippen molar-refractivity contribution >= 4 is 23.7 Å². The zero-order chi connectivity index (χ0) is 17.5. The van der Waals surface area contributed by atoms with Crippen molar-refractivity contribution in [3.05, 3.63) is 29.8 Å². The highest BCUT2D eigenvalue weighted by atomic mass is 32.2. The van der Waals surface area contributed by atoms with E-state index in [1.54, 1.807) is 0 Å². The Labute approximate surface area is 144 Å². The number of imide groups is 1. The summed E-state index contributed by atoms with van der Waals surface area (Å²) in [6, 6.07) is 7.19. The molecule has 1 aromatic carbocycles. The zero-order valence-corrected chi connectivity index (χ0v) is 14.4. The largest absolute Gasteiger partial charge is 0.411 e. The fourth-order valence-corrected chi connectivity index (χ4v) is 2.69. The van der Waals surface area contributed by atoms with Crippen LogP contribution in [0.15, 0.2) is 33.9 Å². The monoisotopic (exact) mass is 348 g/mol. The minimum Gasteiger partial charge on any atom is -0.411 e. The Morgan fingerprint density at radius 1 is 1.25 bits per heavy atom. The molecule has 0 bridgehead atoms. The molecule has 24 heavy (non-hydrogen) atoms. The van der Waals surface area contributed by atoms with E-state index in [2.05, 4.69) is 24.0 Å². The third kappa shape index (κ3) is 5.38. The van der Waals surface area contributed by atoms with Crippen molar-refractivity contribution < 1.29 is 14.0 Å². The third-order valence-electron chi connectivity index (χ3n) is 3.27. The summed E-state index contributed by atoms with van der Waals surface area (Å²) in [5.74, 6) is 1.18. The summed E-state index contributed by atoms with van der Waals surface area (Å²) in [6.07, 6.45) is 0.790. The minimum absolute atomic E-state index is 0.216. The Morgan fingerprint density at radius 3 is 2.58 bits per heavy atom. The van der Waals surface area contributed by atoms with Crippen LogP contribution in [0.5, 0.6) is 0 Å². The van der Waals surface area contributed by atoms with Crippen molar-refractivity contribution in [2.24, 2.45) is 5.73 Å². The minimum atomic E-state index is -0.835. The number of hydrogen-bond acceptors (Lipinski definition) is 6. The first-order valence-electron chi connectivity index (χ1n) is 7.61. The molecule has 2 rings (SSSR count). The van der Waals surface area contributed by atoms with Gasteiger partial charge in [0, 0.05) is 17.7 Å². The molecule has 0 saturated carbocycles. The molecule has 0 aliphatic carbocycles. The van der Waals surface area contributed by atoms with Gasteiger partial charge in [-0.15, -0.1) is 10.2 Å². The molecule has 8 heteroatoms. The lowest BCUT2D eigenvalue weighted by molar-refractivity contribution is -0.119. The quantitative estimate of drug-likeness (QED) is 0.588. The molecule has 128 valence electrons. The molecule has 1 heterocycles. The Balaban J connectivity index is 1.82. The average molecular weight is 348 g/mol. The van der Waals surface area contributed by atoms with Crippen LogP contribution < -0.4 is 11.1 Å². The molecule has 7 nitrogen and oxygen atoms in total. The van der Waals surface area contributed by atoms with Crippen molar-refractivity contribution in [2.75, 3.05) is 5.75 Å². The second-order valence-corrected chi connectivity index (χ2v) is 6.56. The van der Waals surface area contributed by atoms with Crippen molar-refractivity contribution in [2.45, 2.75) is 37.8 Å². The van der Waals surface area contributed by atoms with Crippen LogP contribution in [-0.2, 0) is 4.79 Å². The molecule has 0 fully saturated rings. The standard InChI is InChI=1S/C16H20N4O3S/c1-10(2)11-5-7-12(8-6-11)14-19-20-16(23-14)24-9-3-4-13(21)18-15(17)22/h5-8,10H,3-4,9H2,1-2H3,(H3,17,18,21,22). The molecular weight excluding hydrogens is 328 g/mol. The van der Waals surface area contributed by atoms with E-state index in [4.69, 9.17) is 10.2 Å². The molecule has 0 spiro atoms. The Hall–Kier alpha value is -2.35. The number of urea groups is 1. The van der Waals surface area contributed by atoms with E-state index in [0.29, 0.717) is 29.2 Å². The fraction of sp³-hybridized carbons (Fsp3) is 0.375. The van der Waals surface area contributed by atoms with Crippen LogP contribution in [0.1, 0.15) is 38.2 Å². The Kier molecular flexibility index (Phi) is 6.36. The maximum Gasteiger partial charge on any atom is 0.318 e. The van der Waals surface area contributed by atoms with Crippen molar-refractivity contribution in [1.29, 1.82) is 0 Å². The SMILES string of the molecule is CC(C)c1ccc(-c2nnc(SCCCC(=O)NC(N)=O)o2)cc1. The summed E-state index contributed by atoms with van der Waals surface area (Å²) in [6.45, 7) is 4.28. The third-order valence-corrected chi connectivity index (χ3v) is 4.17. The summed E-state index contributed by atoms with van der Waals surface area (Å²) in [7, 11) is 0. The lowest BCUT2D eigenvalue weighted by Gasteiger charge is -2.04. The smallest absolute Gasteiger partial charge is 0.318 e. The van der Waals surface area contributed by atoms with Gasteiger partial charge in [0.1, 0.15) is 0 Å². The van der Waals surface area contributed by atoms with Gasteiger partial charge in [-0.1, -0.05) is 37.7 Å². The summed E-state index contributed by atoms with van der Waals surface area (Å²) in [5.41, 5.74) is 6.99. The zero-order valence-electron chi connectivity index (χ0n) is 13.6. The molecular formula is C16H20N4O3S. The highest BCUT2D eigenvalue weighted by Gasteiger charge is 2.10. The molecule has 0 unspecified atom stereocenters. The van der Waals surface area contributed by atoms with Crippen LogP contribution in [0.25, 0.3) is 11.5 Å². The number of carbonyl (C=O) groups is 2. The summed E-state index contributed by atoms with van der Waals surface area (Å²) in [5, 5.41) is 10.5. The van der Waals surface area contributed by atoms with Gasteiger partial charge < -0.3 is 10.2 Å². The van der Waals surface area contributed by atoms with Crippen LogP contribution >= 0.6 is 11.8 Å². The normalized spacial score (nSPS) is 10.8. The van der Waals surface area contributed by atoms with Gasteiger partial charge in [0.05, 0.1) is 0 Å². The summed E-state index contributed by atoms with van der Waals surface area (Å²) in [4.78, 5) is 21.8. The van der Waals surface area contributed by atoms with E-state index < -0.39 is 6.03 Å². The number of aromatic nitrogens is 2. The lowest BCUT2D eigenvalue weighted by Crippen LogP contribution is -2.34. The number of thioether (sulfide) groups is 1. The van der Waals surface area contributed by atoms with Gasteiger partial charge in [-0.2, -0.15) is 0 Å². The Bertz CT molecular complexity index is 698. The molecule has 0 atom stereocenters. The summed E-state index contributed by atoms with van der Waals surface area (Å²) < 4.78 is 5.61. The van der Waals surface area contributed by atoms with Gasteiger partial charge in [0.2, 0.25) is 11.8 Å². The van der Waals surface area contributed by atoms with Crippen LogP contribution in [0.4, 0.5) is 4.79 Å². The molecule has 0 aliphatic rings. The number of benzene rings is 1. The first-order chi connectivity index (χ1) is 11.5. The van der Waals surface area contributed by atoms with Crippen LogP contribution in [0.2, 0.25) is 0 Å². The predicted octanol–water partition coefficient (Wildman–Crippen LogP) is 2.93. The van der Waals surface area contributed by atoms with Gasteiger partial charge in [0.15, 0.2) is 0 Å². The molecule has 2 aromatic rings. The van der Waals surface area contributed by atoms with E-state index in [-0.39, 0.29) is 12.3 Å². The molecule has 0 saturated heterocycles. The van der Waals surface area contributed by atoms with Gasteiger partial charge in [0.25, 0.3) is 5.22 Å². The van der Waals surface area contributed by atoms with E-state index in [1.807, 2.05) is 29.6 Å². The van der Waals surface area contributed by atoms with Crippen molar-refractivity contribution in [3.63, 3.8) is 0 Å².